The first-order chi connectivity index (χ1) is 27.3. The lowest BCUT2D eigenvalue weighted by atomic mass is 9.98. The maximum Gasteiger partial charge on any atom is 0.0619 e. The number of aromatic nitrogens is 1. The summed E-state index contributed by atoms with van der Waals surface area (Å²) >= 11 is 1.86. The largest absolute Gasteiger partial charge is 0.310 e. The summed E-state index contributed by atoms with van der Waals surface area (Å²) in [5.74, 6) is 0. The van der Waals surface area contributed by atoms with Gasteiger partial charge in [0.05, 0.1) is 16.7 Å². The van der Waals surface area contributed by atoms with E-state index in [1.54, 1.807) is 0 Å². The second-order valence-electron chi connectivity index (χ2n) is 14.1. The molecular weight excluding hydrogens is 685 g/mol. The van der Waals surface area contributed by atoms with Gasteiger partial charge in [0, 0.05) is 59.0 Å². The summed E-state index contributed by atoms with van der Waals surface area (Å²) in [7, 11) is 0. The van der Waals surface area contributed by atoms with E-state index in [2.05, 4.69) is 216 Å². The molecule has 3 heteroatoms. The molecule has 0 atom stereocenters. The lowest BCUT2D eigenvalue weighted by Gasteiger charge is -2.28. The number of hydrogen-bond donors (Lipinski definition) is 0. The van der Waals surface area contributed by atoms with Gasteiger partial charge in [-0.3, -0.25) is 0 Å². The van der Waals surface area contributed by atoms with Crippen molar-refractivity contribution in [2.75, 3.05) is 4.90 Å². The molecule has 2 heterocycles. The third-order valence-corrected chi connectivity index (χ3v) is 12.1. The van der Waals surface area contributed by atoms with E-state index < -0.39 is 0 Å². The maximum atomic E-state index is 2.43. The Morgan fingerprint density at radius 1 is 0.382 bits per heavy atom. The van der Waals surface area contributed by atoms with Crippen LogP contribution in [0, 0.1) is 0 Å². The predicted molar refractivity (Wildman–Crippen MR) is 237 cm³/mol. The SMILES string of the molecule is c1ccc(-c2ccccc2N(c2cccc(-c3ccc4c(ccc5c6ccccc6n(-c6ccccc6)c45)c3)c2)c2ccc3sc4ccccc4c3c2)cc1. The highest BCUT2D eigenvalue weighted by atomic mass is 32.1. The van der Waals surface area contributed by atoms with Gasteiger partial charge in [-0.1, -0.05) is 140 Å². The molecule has 0 unspecified atom stereocenters. The molecule has 11 rings (SSSR count). The molecule has 9 aromatic carbocycles. The molecular formula is C52H34N2S. The van der Waals surface area contributed by atoms with Gasteiger partial charge in [0.2, 0.25) is 0 Å². The van der Waals surface area contributed by atoms with E-state index in [1.807, 2.05) is 11.3 Å². The van der Waals surface area contributed by atoms with E-state index >= 15 is 0 Å². The summed E-state index contributed by atoms with van der Waals surface area (Å²) in [4.78, 5) is 2.43. The number of hydrogen-bond acceptors (Lipinski definition) is 2. The molecule has 2 nitrogen and oxygen atoms in total. The van der Waals surface area contributed by atoms with Crippen molar-refractivity contribution >= 4 is 81.1 Å². The second kappa shape index (κ2) is 12.9. The number of thiophene rings is 1. The molecule has 0 bridgehead atoms. The molecule has 0 aliphatic heterocycles. The summed E-state index contributed by atoms with van der Waals surface area (Å²) in [5, 5.41) is 7.58. The number of rotatable bonds is 6. The van der Waals surface area contributed by atoms with Crippen LogP contribution in [0.1, 0.15) is 0 Å². The number of fused-ring (bicyclic) bond motifs is 8. The fourth-order valence-corrected chi connectivity index (χ4v) is 9.54. The van der Waals surface area contributed by atoms with Gasteiger partial charge in [-0.05, 0) is 88.8 Å². The van der Waals surface area contributed by atoms with Crippen LogP contribution in [-0.2, 0) is 0 Å². The van der Waals surface area contributed by atoms with E-state index in [4.69, 9.17) is 0 Å². The van der Waals surface area contributed by atoms with Crippen molar-refractivity contribution in [2.24, 2.45) is 0 Å². The Morgan fingerprint density at radius 3 is 1.95 bits per heavy atom. The van der Waals surface area contributed by atoms with Crippen molar-refractivity contribution in [2.45, 2.75) is 0 Å². The highest BCUT2D eigenvalue weighted by molar-refractivity contribution is 7.25. The van der Waals surface area contributed by atoms with E-state index in [0.717, 1.165) is 17.1 Å². The minimum atomic E-state index is 1.11. The lowest BCUT2D eigenvalue weighted by molar-refractivity contribution is 1.19. The lowest BCUT2D eigenvalue weighted by Crippen LogP contribution is -2.11. The molecule has 0 N–H and O–H groups in total. The monoisotopic (exact) mass is 718 g/mol. The van der Waals surface area contributed by atoms with E-state index in [0.29, 0.717) is 0 Å². The average Bonchev–Trinajstić information content (AvgIpc) is 3.80. The molecule has 0 spiro atoms. The van der Waals surface area contributed by atoms with Crippen molar-refractivity contribution in [3.05, 3.63) is 206 Å². The van der Waals surface area contributed by atoms with Crippen LogP contribution in [0.4, 0.5) is 17.1 Å². The minimum Gasteiger partial charge on any atom is -0.310 e. The standard InChI is InChI=1S/C52H34N2S/c1-3-14-35(15-4-1)42-20-7-10-23-48(42)53(41-28-31-51-47(34-41)45-22-9-12-25-50(45)55-51)40-19-13-16-36(33-40)37-26-29-43-38(32-37)27-30-46-44-21-8-11-24-49(44)54(52(43)46)39-17-5-2-6-18-39/h1-34H. The zero-order chi connectivity index (χ0) is 36.3. The van der Waals surface area contributed by atoms with Crippen molar-refractivity contribution in [1.29, 1.82) is 0 Å². The fraction of sp³-hybridized carbons (Fsp3) is 0. The Kier molecular flexibility index (Phi) is 7.39. The number of anilines is 3. The summed E-state index contributed by atoms with van der Waals surface area (Å²) in [6, 6.07) is 75.2. The van der Waals surface area contributed by atoms with Crippen LogP contribution in [0.15, 0.2) is 206 Å². The quantitative estimate of drug-likeness (QED) is 0.166. The van der Waals surface area contributed by atoms with Gasteiger partial charge < -0.3 is 9.47 Å². The van der Waals surface area contributed by atoms with Crippen molar-refractivity contribution in [3.8, 4) is 27.9 Å². The Bertz CT molecular complexity index is 3210. The van der Waals surface area contributed by atoms with Crippen molar-refractivity contribution in [3.63, 3.8) is 0 Å². The third-order valence-electron chi connectivity index (χ3n) is 11.0. The summed E-state index contributed by atoms with van der Waals surface area (Å²) in [5.41, 5.74) is 11.7. The first kappa shape index (κ1) is 31.6. The Morgan fingerprint density at radius 2 is 1.05 bits per heavy atom. The second-order valence-corrected chi connectivity index (χ2v) is 15.2. The van der Waals surface area contributed by atoms with Crippen LogP contribution < -0.4 is 4.90 Å². The highest BCUT2D eigenvalue weighted by Gasteiger charge is 2.20. The molecule has 55 heavy (non-hydrogen) atoms. The molecule has 0 aliphatic rings. The van der Waals surface area contributed by atoms with E-state index in [-0.39, 0.29) is 0 Å². The van der Waals surface area contributed by atoms with Crippen LogP contribution in [-0.4, -0.2) is 4.57 Å². The van der Waals surface area contributed by atoms with E-state index in [1.165, 1.54) is 80.7 Å². The molecule has 258 valence electrons. The smallest absolute Gasteiger partial charge is 0.0619 e. The summed E-state index contributed by atoms with van der Waals surface area (Å²) in [6.45, 7) is 0. The van der Waals surface area contributed by atoms with Crippen molar-refractivity contribution < 1.29 is 0 Å². The van der Waals surface area contributed by atoms with Crippen LogP contribution in [0.3, 0.4) is 0 Å². The fourth-order valence-electron chi connectivity index (χ4n) is 8.45. The Labute approximate surface area is 323 Å². The first-order valence-electron chi connectivity index (χ1n) is 18.8. The first-order valence-corrected chi connectivity index (χ1v) is 19.6. The molecule has 0 fully saturated rings. The molecule has 11 aromatic rings. The normalized spacial score (nSPS) is 11.6. The van der Waals surface area contributed by atoms with Gasteiger partial charge in [-0.25, -0.2) is 0 Å². The summed E-state index contributed by atoms with van der Waals surface area (Å²) < 4.78 is 5.03. The molecule has 0 aliphatic carbocycles. The van der Waals surface area contributed by atoms with Gasteiger partial charge >= 0.3 is 0 Å². The number of nitrogens with zero attached hydrogens (tertiary/aromatic N) is 2. The Balaban J connectivity index is 1.09. The molecule has 2 aromatic heterocycles. The average molecular weight is 719 g/mol. The van der Waals surface area contributed by atoms with Crippen LogP contribution in [0.2, 0.25) is 0 Å². The highest BCUT2D eigenvalue weighted by Crippen LogP contribution is 2.45. The van der Waals surface area contributed by atoms with Gasteiger partial charge in [0.15, 0.2) is 0 Å². The van der Waals surface area contributed by atoms with Crippen LogP contribution in [0.5, 0.6) is 0 Å². The maximum absolute atomic E-state index is 2.43. The molecule has 0 saturated heterocycles. The number of para-hydroxylation sites is 3. The zero-order valence-corrected chi connectivity index (χ0v) is 30.7. The summed E-state index contributed by atoms with van der Waals surface area (Å²) in [6.07, 6.45) is 0. The van der Waals surface area contributed by atoms with Gasteiger partial charge in [0.1, 0.15) is 0 Å². The molecule has 0 radical (unpaired) electrons. The van der Waals surface area contributed by atoms with Gasteiger partial charge in [0.25, 0.3) is 0 Å². The van der Waals surface area contributed by atoms with Crippen molar-refractivity contribution in [1.82, 2.24) is 4.57 Å². The van der Waals surface area contributed by atoms with Gasteiger partial charge in [-0.2, -0.15) is 0 Å². The van der Waals surface area contributed by atoms with Crippen LogP contribution in [0.25, 0.3) is 80.7 Å². The topological polar surface area (TPSA) is 8.17 Å². The predicted octanol–water partition coefficient (Wildman–Crippen LogP) is 15.1. The van der Waals surface area contributed by atoms with E-state index in [9.17, 15) is 0 Å². The van der Waals surface area contributed by atoms with Crippen LogP contribution >= 0.6 is 11.3 Å². The zero-order valence-electron chi connectivity index (χ0n) is 29.9. The molecule has 0 amide bonds. The molecule has 0 saturated carbocycles. The Hall–Kier alpha value is -6.94. The third kappa shape index (κ3) is 5.24. The minimum absolute atomic E-state index is 1.11. The number of benzene rings is 9. The van der Waals surface area contributed by atoms with Gasteiger partial charge in [-0.15, -0.1) is 11.3 Å².